The summed E-state index contributed by atoms with van der Waals surface area (Å²) in [6, 6.07) is 8.23. The number of esters is 1. The van der Waals surface area contributed by atoms with Gasteiger partial charge in [-0.25, -0.2) is 14.8 Å². The smallest absolute Gasteiger partial charge is 0.341 e. The SMILES string of the molecule is CCOC(=O)c1cnc(Nc2ccc(NC3COC3)cc2)nc1. The van der Waals surface area contributed by atoms with Crippen LogP contribution in [-0.2, 0) is 9.47 Å². The van der Waals surface area contributed by atoms with E-state index >= 15 is 0 Å². The van der Waals surface area contributed by atoms with Crippen LogP contribution < -0.4 is 10.6 Å². The predicted octanol–water partition coefficient (Wildman–Crippen LogP) is 2.21. The Labute approximate surface area is 134 Å². The summed E-state index contributed by atoms with van der Waals surface area (Å²) in [5, 5.41) is 6.45. The van der Waals surface area contributed by atoms with Crippen molar-refractivity contribution in [3.8, 4) is 0 Å². The largest absolute Gasteiger partial charge is 0.462 e. The Morgan fingerprint density at radius 3 is 2.43 bits per heavy atom. The molecule has 1 aromatic heterocycles. The third kappa shape index (κ3) is 3.95. The molecule has 7 heteroatoms. The Morgan fingerprint density at radius 1 is 1.22 bits per heavy atom. The monoisotopic (exact) mass is 314 g/mol. The van der Waals surface area contributed by atoms with Crippen LogP contribution in [0.5, 0.6) is 0 Å². The van der Waals surface area contributed by atoms with Gasteiger partial charge in [0.15, 0.2) is 0 Å². The highest BCUT2D eigenvalue weighted by atomic mass is 16.5. The molecule has 1 aliphatic rings. The minimum absolute atomic E-state index is 0.326. The van der Waals surface area contributed by atoms with Crippen LogP contribution in [0.4, 0.5) is 17.3 Å². The fourth-order valence-corrected chi connectivity index (χ4v) is 2.05. The Kier molecular flexibility index (Phi) is 4.68. The molecule has 1 aliphatic heterocycles. The van der Waals surface area contributed by atoms with Crippen molar-refractivity contribution in [3.05, 3.63) is 42.2 Å². The summed E-state index contributed by atoms with van der Waals surface area (Å²) >= 11 is 0. The zero-order valence-electron chi connectivity index (χ0n) is 12.8. The number of ether oxygens (including phenoxy) is 2. The lowest BCUT2D eigenvalue weighted by Crippen LogP contribution is -2.40. The van der Waals surface area contributed by atoms with E-state index in [0.717, 1.165) is 24.6 Å². The van der Waals surface area contributed by atoms with Crippen LogP contribution in [0.3, 0.4) is 0 Å². The van der Waals surface area contributed by atoms with Gasteiger partial charge in [-0.05, 0) is 31.2 Å². The average Bonchev–Trinajstić information content (AvgIpc) is 2.53. The summed E-state index contributed by atoms with van der Waals surface area (Å²) in [5.41, 5.74) is 2.24. The zero-order valence-corrected chi connectivity index (χ0v) is 12.8. The topological polar surface area (TPSA) is 85.4 Å². The maximum absolute atomic E-state index is 11.5. The Bertz CT molecular complexity index is 654. The quantitative estimate of drug-likeness (QED) is 0.791. The molecule has 2 heterocycles. The van der Waals surface area contributed by atoms with Crippen LogP contribution in [0.25, 0.3) is 0 Å². The molecular formula is C16H18N4O3. The molecule has 2 aromatic rings. The van der Waals surface area contributed by atoms with Gasteiger partial charge in [0.05, 0.1) is 31.4 Å². The summed E-state index contributed by atoms with van der Waals surface area (Å²) in [6.45, 7) is 3.58. The van der Waals surface area contributed by atoms with Crippen molar-refractivity contribution in [1.29, 1.82) is 0 Å². The molecule has 1 aromatic carbocycles. The van der Waals surface area contributed by atoms with Crippen LogP contribution in [-0.4, -0.2) is 41.8 Å². The van der Waals surface area contributed by atoms with Crippen molar-refractivity contribution in [2.24, 2.45) is 0 Å². The van der Waals surface area contributed by atoms with Gasteiger partial charge in [-0.2, -0.15) is 0 Å². The normalized spacial score (nSPS) is 14.0. The molecule has 0 radical (unpaired) electrons. The van der Waals surface area contributed by atoms with Crippen molar-refractivity contribution in [1.82, 2.24) is 9.97 Å². The molecule has 0 spiro atoms. The van der Waals surface area contributed by atoms with E-state index in [0.29, 0.717) is 24.2 Å². The highest BCUT2D eigenvalue weighted by Crippen LogP contribution is 2.18. The first kappa shape index (κ1) is 15.2. The molecule has 0 saturated carbocycles. The van der Waals surface area contributed by atoms with Crippen LogP contribution in [0.15, 0.2) is 36.7 Å². The molecule has 0 atom stereocenters. The van der Waals surface area contributed by atoms with Gasteiger partial charge in [0.1, 0.15) is 0 Å². The van der Waals surface area contributed by atoms with E-state index in [-0.39, 0.29) is 0 Å². The average molecular weight is 314 g/mol. The van der Waals surface area contributed by atoms with E-state index in [4.69, 9.17) is 9.47 Å². The predicted molar refractivity (Wildman–Crippen MR) is 85.9 cm³/mol. The summed E-state index contributed by atoms with van der Waals surface area (Å²) in [6.07, 6.45) is 2.89. The van der Waals surface area contributed by atoms with Crippen molar-refractivity contribution < 1.29 is 14.3 Å². The lowest BCUT2D eigenvalue weighted by Gasteiger charge is -2.27. The molecule has 0 unspecified atom stereocenters. The van der Waals surface area contributed by atoms with Gasteiger partial charge in [-0.1, -0.05) is 0 Å². The maximum atomic E-state index is 11.5. The van der Waals surface area contributed by atoms with E-state index in [9.17, 15) is 4.79 Å². The van der Waals surface area contributed by atoms with Crippen LogP contribution in [0, 0.1) is 0 Å². The number of aromatic nitrogens is 2. The third-order valence-corrected chi connectivity index (χ3v) is 3.31. The highest BCUT2D eigenvalue weighted by molar-refractivity contribution is 5.88. The van der Waals surface area contributed by atoms with Crippen molar-refractivity contribution in [2.75, 3.05) is 30.5 Å². The molecule has 0 bridgehead atoms. The van der Waals surface area contributed by atoms with Gasteiger partial charge in [0.25, 0.3) is 0 Å². The first-order chi connectivity index (χ1) is 11.2. The molecule has 120 valence electrons. The summed E-state index contributed by atoms with van der Waals surface area (Å²) in [7, 11) is 0. The number of carbonyl (C=O) groups is 1. The van der Waals surface area contributed by atoms with E-state index < -0.39 is 5.97 Å². The molecule has 23 heavy (non-hydrogen) atoms. The number of hydrogen-bond donors (Lipinski definition) is 2. The fourth-order valence-electron chi connectivity index (χ4n) is 2.05. The summed E-state index contributed by atoms with van der Waals surface area (Å²) in [5.74, 6) is 0.000557. The van der Waals surface area contributed by atoms with Gasteiger partial charge in [-0.15, -0.1) is 0 Å². The van der Waals surface area contributed by atoms with Crippen molar-refractivity contribution >= 4 is 23.3 Å². The minimum atomic E-state index is -0.422. The molecule has 0 amide bonds. The Morgan fingerprint density at radius 2 is 1.87 bits per heavy atom. The minimum Gasteiger partial charge on any atom is -0.462 e. The fraction of sp³-hybridized carbons (Fsp3) is 0.312. The van der Waals surface area contributed by atoms with Gasteiger partial charge in [0, 0.05) is 23.8 Å². The number of nitrogens with one attached hydrogen (secondary N) is 2. The molecule has 1 saturated heterocycles. The van der Waals surface area contributed by atoms with E-state index in [1.807, 2.05) is 24.3 Å². The lowest BCUT2D eigenvalue weighted by atomic mass is 10.2. The van der Waals surface area contributed by atoms with Crippen LogP contribution in [0.1, 0.15) is 17.3 Å². The van der Waals surface area contributed by atoms with Gasteiger partial charge < -0.3 is 20.1 Å². The number of rotatable bonds is 6. The summed E-state index contributed by atoms with van der Waals surface area (Å²) in [4.78, 5) is 19.8. The Balaban J connectivity index is 1.59. The standard InChI is InChI=1S/C16H18N4O3/c1-2-23-15(21)11-7-17-16(18-8-11)20-13-5-3-12(4-6-13)19-14-9-22-10-14/h3-8,14,19H,2,9-10H2,1H3,(H,17,18,20). The lowest BCUT2D eigenvalue weighted by molar-refractivity contribution is 0.0211. The second kappa shape index (κ2) is 7.06. The van der Waals surface area contributed by atoms with Gasteiger partial charge in [0.2, 0.25) is 5.95 Å². The van der Waals surface area contributed by atoms with Crippen LogP contribution >= 0.6 is 0 Å². The second-order valence-corrected chi connectivity index (χ2v) is 5.10. The van der Waals surface area contributed by atoms with E-state index in [2.05, 4.69) is 20.6 Å². The maximum Gasteiger partial charge on any atom is 0.341 e. The number of hydrogen-bond acceptors (Lipinski definition) is 7. The zero-order chi connectivity index (χ0) is 16.1. The molecule has 0 aliphatic carbocycles. The van der Waals surface area contributed by atoms with Crippen LogP contribution in [0.2, 0.25) is 0 Å². The summed E-state index contributed by atoms with van der Waals surface area (Å²) < 4.78 is 10.0. The second-order valence-electron chi connectivity index (χ2n) is 5.10. The number of carbonyl (C=O) groups excluding carboxylic acids is 1. The molecule has 2 N–H and O–H groups in total. The number of benzene rings is 1. The first-order valence-corrected chi connectivity index (χ1v) is 7.45. The molecule has 3 rings (SSSR count). The molecule has 7 nitrogen and oxygen atoms in total. The van der Waals surface area contributed by atoms with Crippen molar-refractivity contribution in [3.63, 3.8) is 0 Å². The first-order valence-electron chi connectivity index (χ1n) is 7.45. The van der Waals surface area contributed by atoms with E-state index in [1.165, 1.54) is 12.4 Å². The van der Waals surface area contributed by atoms with Gasteiger partial charge >= 0.3 is 5.97 Å². The van der Waals surface area contributed by atoms with Crippen molar-refractivity contribution in [2.45, 2.75) is 13.0 Å². The van der Waals surface area contributed by atoms with Gasteiger partial charge in [-0.3, -0.25) is 0 Å². The molecule has 1 fully saturated rings. The third-order valence-electron chi connectivity index (χ3n) is 3.31. The molecular weight excluding hydrogens is 296 g/mol. The number of nitrogens with zero attached hydrogens (tertiary/aromatic N) is 2. The number of anilines is 3. The van der Waals surface area contributed by atoms with E-state index in [1.54, 1.807) is 6.92 Å². The highest BCUT2D eigenvalue weighted by Gasteiger charge is 2.17. The Hall–Kier alpha value is -2.67.